The van der Waals surface area contributed by atoms with Crippen molar-refractivity contribution in [1.82, 2.24) is 9.88 Å². The number of nitrogens with zero attached hydrogens (tertiary/aromatic N) is 2. The van der Waals surface area contributed by atoms with Crippen LogP contribution in [0.4, 0.5) is 0 Å². The predicted molar refractivity (Wildman–Crippen MR) is 82.8 cm³/mol. The van der Waals surface area contributed by atoms with Crippen LogP contribution in [0.25, 0.3) is 11.5 Å². The number of amides is 1. The maximum atomic E-state index is 12.6. The van der Waals surface area contributed by atoms with Gasteiger partial charge in [0.1, 0.15) is 6.26 Å². The van der Waals surface area contributed by atoms with E-state index in [1.807, 2.05) is 37.3 Å². The number of aliphatic carboxylic acids is 1. The van der Waals surface area contributed by atoms with E-state index in [1.165, 1.54) is 6.26 Å². The topological polar surface area (TPSA) is 83.6 Å². The zero-order valence-corrected chi connectivity index (χ0v) is 12.8. The van der Waals surface area contributed by atoms with Gasteiger partial charge in [0.15, 0.2) is 5.69 Å². The molecule has 120 valence electrons. The number of likely N-dealkylation sites (tertiary alicyclic amines) is 1. The first-order chi connectivity index (χ1) is 11.1. The smallest absolute Gasteiger partial charge is 0.308 e. The second-order valence-electron chi connectivity index (χ2n) is 5.82. The molecule has 1 aliphatic heterocycles. The number of hydrogen-bond donors (Lipinski definition) is 1. The Labute approximate surface area is 133 Å². The molecule has 3 rings (SSSR count). The number of carboxylic acid groups (broad SMARTS) is 1. The minimum Gasteiger partial charge on any atom is -0.481 e. The summed E-state index contributed by atoms with van der Waals surface area (Å²) in [5.74, 6) is -1.28. The number of hydrogen-bond acceptors (Lipinski definition) is 4. The van der Waals surface area contributed by atoms with E-state index in [-0.39, 0.29) is 24.2 Å². The Bertz CT molecular complexity index is 710. The third-order valence-corrected chi connectivity index (χ3v) is 4.24. The Morgan fingerprint density at radius 3 is 2.70 bits per heavy atom. The highest BCUT2D eigenvalue weighted by Gasteiger charge is 2.34. The van der Waals surface area contributed by atoms with Gasteiger partial charge in [-0.05, 0) is 31.9 Å². The summed E-state index contributed by atoms with van der Waals surface area (Å²) in [6.45, 7) is 2.14. The molecule has 0 radical (unpaired) electrons. The van der Waals surface area contributed by atoms with E-state index in [1.54, 1.807) is 4.90 Å². The Balaban J connectivity index is 1.80. The molecule has 1 saturated heterocycles. The SMILES string of the molecule is CC1CCC(C(=O)O)CN1C(=O)c1coc(-c2ccccc2)n1. The third-order valence-electron chi connectivity index (χ3n) is 4.24. The summed E-state index contributed by atoms with van der Waals surface area (Å²) in [5, 5.41) is 9.18. The van der Waals surface area contributed by atoms with E-state index in [9.17, 15) is 14.7 Å². The predicted octanol–water partition coefficient (Wildman–Crippen LogP) is 2.67. The molecular weight excluding hydrogens is 296 g/mol. The monoisotopic (exact) mass is 314 g/mol. The number of carbonyl (C=O) groups is 2. The van der Waals surface area contributed by atoms with Crippen LogP contribution in [0.15, 0.2) is 41.0 Å². The van der Waals surface area contributed by atoms with Crippen molar-refractivity contribution in [2.45, 2.75) is 25.8 Å². The van der Waals surface area contributed by atoms with E-state index in [4.69, 9.17) is 4.42 Å². The number of aromatic nitrogens is 1. The maximum Gasteiger partial charge on any atom is 0.308 e. The van der Waals surface area contributed by atoms with Crippen LogP contribution in [0.2, 0.25) is 0 Å². The van der Waals surface area contributed by atoms with Gasteiger partial charge in [-0.15, -0.1) is 0 Å². The molecule has 2 atom stereocenters. The largest absolute Gasteiger partial charge is 0.481 e. The van der Waals surface area contributed by atoms with Gasteiger partial charge in [-0.2, -0.15) is 0 Å². The highest BCUT2D eigenvalue weighted by Crippen LogP contribution is 2.25. The van der Waals surface area contributed by atoms with Crippen LogP contribution in [0, 0.1) is 5.92 Å². The molecule has 1 amide bonds. The number of piperidine rings is 1. The summed E-state index contributed by atoms with van der Waals surface area (Å²) in [6.07, 6.45) is 2.60. The first-order valence-electron chi connectivity index (χ1n) is 7.61. The van der Waals surface area contributed by atoms with Gasteiger partial charge in [-0.1, -0.05) is 18.2 Å². The lowest BCUT2D eigenvalue weighted by atomic mass is 9.93. The minimum absolute atomic E-state index is 0.00465. The minimum atomic E-state index is -0.861. The highest BCUT2D eigenvalue weighted by molar-refractivity contribution is 5.93. The molecular formula is C17H18N2O4. The average Bonchev–Trinajstić information content (AvgIpc) is 3.05. The lowest BCUT2D eigenvalue weighted by Crippen LogP contribution is -2.47. The lowest BCUT2D eigenvalue weighted by Gasteiger charge is -2.35. The van der Waals surface area contributed by atoms with Gasteiger partial charge in [-0.25, -0.2) is 4.98 Å². The second-order valence-corrected chi connectivity index (χ2v) is 5.82. The third kappa shape index (κ3) is 3.11. The van der Waals surface area contributed by atoms with E-state index >= 15 is 0 Å². The molecule has 1 N–H and O–H groups in total. The molecule has 2 aromatic rings. The summed E-state index contributed by atoms with van der Waals surface area (Å²) < 4.78 is 5.40. The fourth-order valence-electron chi connectivity index (χ4n) is 2.82. The van der Waals surface area contributed by atoms with Crippen molar-refractivity contribution in [2.75, 3.05) is 6.54 Å². The Kier molecular flexibility index (Phi) is 4.14. The molecule has 2 heterocycles. The van der Waals surface area contributed by atoms with Gasteiger partial charge in [0.05, 0.1) is 5.92 Å². The molecule has 1 aromatic heterocycles. The summed E-state index contributed by atoms with van der Waals surface area (Å²) in [6, 6.07) is 9.32. The summed E-state index contributed by atoms with van der Waals surface area (Å²) in [5.41, 5.74) is 1.00. The first kappa shape index (κ1) is 15.3. The molecule has 2 unspecified atom stereocenters. The molecule has 6 nitrogen and oxygen atoms in total. The summed E-state index contributed by atoms with van der Waals surface area (Å²) in [7, 11) is 0. The Morgan fingerprint density at radius 2 is 2.00 bits per heavy atom. The van der Waals surface area contributed by atoms with Crippen molar-refractivity contribution in [3.8, 4) is 11.5 Å². The molecule has 23 heavy (non-hydrogen) atoms. The van der Waals surface area contributed by atoms with E-state index in [0.717, 1.165) is 5.56 Å². The molecule has 6 heteroatoms. The van der Waals surface area contributed by atoms with E-state index in [2.05, 4.69) is 4.98 Å². The number of oxazole rings is 1. The van der Waals surface area contributed by atoms with Crippen molar-refractivity contribution in [3.63, 3.8) is 0 Å². The van der Waals surface area contributed by atoms with Crippen LogP contribution >= 0.6 is 0 Å². The standard InChI is InChI=1S/C17H18N2O4/c1-11-7-8-13(17(21)22)9-19(11)16(20)14-10-23-15(18-14)12-5-3-2-4-6-12/h2-6,10-11,13H,7-9H2,1H3,(H,21,22). The van der Waals surface area contributed by atoms with Crippen LogP contribution in [0.3, 0.4) is 0 Å². The van der Waals surface area contributed by atoms with Gasteiger partial charge in [0.25, 0.3) is 5.91 Å². The Morgan fingerprint density at radius 1 is 1.26 bits per heavy atom. The maximum absolute atomic E-state index is 12.6. The summed E-state index contributed by atoms with van der Waals surface area (Å²) in [4.78, 5) is 29.6. The van der Waals surface area contributed by atoms with Crippen LogP contribution in [0.5, 0.6) is 0 Å². The molecule has 0 aliphatic carbocycles. The van der Waals surface area contributed by atoms with Crippen molar-refractivity contribution in [3.05, 3.63) is 42.3 Å². The van der Waals surface area contributed by atoms with E-state index in [0.29, 0.717) is 18.7 Å². The van der Waals surface area contributed by atoms with Crippen LogP contribution in [-0.2, 0) is 4.79 Å². The van der Waals surface area contributed by atoms with Crippen molar-refractivity contribution >= 4 is 11.9 Å². The highest BCUT2D eigenvalue weighted by atomic mass is 16.4. The van der Waals surface area contributed by atoms with Gasteiger partial charge in [0.2, 0.25) is 5.89 Å². The molecule has 1 aromatic carbocycles. The normalized spacial score (nSPS) is 21.2. The van der Waals surface area contributed by atoms with Crippen LogP contribution in [-0.4, -0.2) is 39.5 Å². The average molecular weight is 314 g/mol. The lowest BCUT2D eigenvalue weighted by molar-refractivity contribution is -0.143. The molecule has 0 bridgehead atoms. The zero-order valence-electron chi connectivity index (χ0n) is 12.8. The van der Waals surface area contributed by atoms with Gasteiger partial charge < -0.3 is 14.4 Å². The fourth-order valence-corrected chi connectivity index (χ4v) is 2.82. The fraction of sp³-hybridized carbons (Fsp3) is 0.353. The second kappa shape index (κ2) is 6.24. The van der Waals surface area contributed by atoms with Gasteiger partial charge in [-0.3, -0.25) is 9.59 Å². The van der Waals surface area contributed by atoms with E-state index < -0.39 is 11.9 Å². The Hall–Kier alpha value is -2.63. The first-order valence-corrected chi connectivity index (χ1v) is 7.61. The summed E-state index contributed by atoms with van der Waals surface area (Å²) >= 11 is 0. The quantitative estimate of drug-likeness (QED) is 0.941. The molecule has 1 aliphatic rings. The van der Waals surface area contributed by atoms with Gasteiger partial charge in [0, 0.05) is 18.2 Å². The van der Waals surface area contributed by atoms with Crippen molar-refractivity contribution in [2.24, 2.45) is 5.92 Å². The van der Waals surface area contributed by atoms with Gasteiger partial charge >= 0.3 is 5.97 Å². The molecule has 0 saturated carbocycles. The molecule has 1 fully saturated rings. The number of carboxylic acids is 1. The number of rotatable bonds is 3. The number of benzene rings is 1. The molecule has 0 spiro atoms. The zero-order chi connectivity index (χ0) is 16.4. The van der Waals surface area contributed by atoms with Crippen LogP contribution in [0.1, 0.15) is 30.3 Å². The van der Waals surface area contributed by atoms with Crippen LogP contribution < -0.4 is 0 Å². The number of carbonyl (C=O) groups excluding carboxylic acids is 1. The van der Waals surface area contributed by atoms with Crippen molar-refractivity contribution in [1.29, 1.82) is 0 Å². The van der Waals surface area contributed by atoms with Crippen molar-refractivity contribution < 1.29 is 19.1 Å².